The number of carbonyl (C=O) groups is 1. The molecule has 0 aliphatic carbocycles. The number of benzene rings is 1. The average Bonchev–Trinajstić information content (AvgIpc) is 2.53. The first-order chi connectivity index (χ1) is 10.3. The van der Waals surface area contributed by atoms with Gasteiger partial charge < -0.3 is 19.5 Å². The van der Waals surface area contributed by atoms with Crippen molar-refractivity contribution in [3.05, 3.63) is 24.3 Å². The number of rotatable bonds is 7. The molecule has 0 spiro atoms. The Morgan fingerprint density at radius 2 is 2.00 bits per heavy atom. The van der Waals surface area contributed by atoms with Crippen molar-refractivity contribution in [2.45, 2.75) is 0 Å². The molecule has 0 unspecified atom stereocenters. The van der Waals surface area contributed by atoms with Crippen LogP contribution in [0.1, 0.15) is 0 Å². The van der Waals surface area contributed by atoms with Crippen molar-refractivity contribution in [3.8, 4) is 11.5 Å². The molecule has 6 nitrogen and oxygen atoms in total. The third kappa shape index (κ3) is 5.24. The molecule has 0 radical (unpaired) electrons. The minimum atomic E-state index is 0.0144. The van der Waals surface area contributed by atoms with Crippen molar-refractivity contribution in [2.24, 2.45) is 0 Å². The molecule has 2 rings (SSSR count). The van der Waals surface area contributed by atoms with Gasteiger partial charge in [-0.05, 0) is 12.1 Å². The molecule has 21 heavy (non-hydrogen) atoms. The predicted molar refractivity (Wildman–Crippen MR) is 78.8 cm³/mol. The lowest BCUT2D eigenvalue weighted by atomic mass is 10.3. The van der Waals surface area contributed by atoms with Gasteiger partial charge in [0, 0.05) is 13.1 Å². The highest BCUT2D eigenvalue weighted by Crippen LogP contribution is 2.25. The van der Waals surface area contributed by atoms with Crippen LogP contribution in [0.15, 0.2) is 24.3 Å². The maximum atomic E-state index is 11.8. The van der Waals surface area contributed by atoms with Gasteiger partial charge in [0.1, 0.15) is 6.61 Å². The molecule has 1 amide bonds. The van der Waals surface area contributed by atoms with Crippen molar-refractivity contribution in [1.82, 2.24) is 10.2 Å². The van der Waals surface area contributed by atoms with Gasteiger partial charge in [-0.2, -0.15) is 0 Å². The Hall–Kier alpha value is -1.79. The van der Waals surface area contributed by atoms with Crippen molar-refractivity contribution in [1.29, 1.82) is 0 Å². The Labute approximate surface area is 125 Å². The third-order valence-corrected chi connectivity index (χ3v) is 3.22. The minimum Gasteiger partial charge on any atom is -0.493 e. The van der Waals surface area contributed by atoms with Crippen LogP contribution < -0.4 is 14.8 Å². The third-order valence-electron chi connectivity index (χ3n) is 3.22. The van der Waals surface area contributed by atoms with E-state index in [2.05, 4.69) is 10.2 Å². The van der Waals surface area contributed by atoms with E-state index in [9.17, 15) is 4.79 Å². The molecule has 6 heteroatoms. The maximum Gasteiger partial charge on any atom is 0.234 e. The number of hydrogen-bond donors (Lipinski definition) is 1. The number of para-hydroxylation sites is 2. The topological polar surface area (TPSA) is 60.0 Å². The number of carbonyl (C=O) groups excluding carboxylic acids is 1. The molecule has 1 aromatic carbocycles. The first-order valence-corrected chi connectivity index (χ1v) is 7.12. The standard InChI is InChI=1S/C15H22N2O4/c1-19-13-4-2-3-5-14(13)21-9-6-16-15(18)12-17-7-10-20-11-8-17/h2-5H,6-12H2,1H3,(H,16,18). The SMILES string of the molecule is COc1ccccc1OCCNC(=O)CN1CCOCC1. The number of hydrogen-bond acceptors (Lipinski definition) is 5. The van der Waals surface area contributed by atoms with E-state index in [1.165, 1.54) is 0 Å². The van der Waals surface area contributed by atoms with Crippen LogP contribution in [0, 0.1) is 0 Å². The molecule has 1 aliphatic heterocycles. The van der Waals surface area contributed by atoms with Gasteiger partial charge in [-0.3, -0.25) is 9.69 Å². The van der Waals surface area contributed by atoms with Gasteiger partial charge in [-0.15, -0.1) is 0 Å². The molecule has 1 aliphatic rings. The fraction of sp³-hybridized carbons (Fsp3) is 0.533. The van der Waals surface area contributed by atoms with Crippen LogP contribution >= 0.6 is 0 Å². The zero-order valence-electron chi connectivity index (χ0n) is 12.3. The summed E-state index contributed by atoms with van der Waals surface area (Å²) in [5.41, 5.74) is 0. The van der Waals surface area contributed by atoms with Gasteiger partial charge in [0.15, 0.2) is 11.5 Å². The summed E-state index contributed by atoms with van der Waals surface area (Å²) in [6.07, 6.45) is 0. The maximum absolute atomic E-state index is 11.8. The van der Waals surface area contributed by atoms with Crippen LogP contribution in [-0.2, 0) is 9.53 Å². The molecule has 1 fully saturated rings. The molecule has 0 bridgehead atoms. The Bertz CT molecular complexity index is 447. The van der Waals surface area contributed by atoms with Crippen LogP contribution in [-0.4, -0.2) is 63.9 Å². The largest absolute Gasteiger partial charge is 0.493 e. The summed E-state index contributed by atoms with van der Waals surface area (Å²) in [6, 6.07) is 7.45. The summed E-state index contributed by atoms with van der Waals surface area (Å²) in [7, 11) is 1.60. The van der Waals surface area contributed by atoms with E-state index in [4.69, 9.17) is 14.2 Å². The molecule has 1 aromatic rings. The van der Waals surface area contributed by atoms with E-state index in [1.807, 2.05) is 24.3 Å². The second-order valence-corrected chi connectivity index (χ2v) is 4.74. The van der Waals surface area contributed by atoms with Gasteiger partial charge >= 0.3 is 0 Å². The van der Waals surface area contributed by atoms with Crippen molar-refractivity contribution < 1.29 is 19.0 Å². The summed E-state index contributed by atoms with van der Waals surface area (Å²) >= 11 is 0. The Kier molecular flexibility index (Phi) is 6.30. The van der Waals surface area contributed by atoms with Crippen LogP contribution in [0.2, 0.25) is 0 Å². The van der Waals surface area contributed by atoms with Crippen molar-refractivity contribution >= 4 is 5.91 Å². The number of nitrogens with zero attached hydrogens (tertiary/aromatic N) is 1. The predicted octanol–water partition coefficient (Wildman–Crippen LogP) is 0.522. The number of ether oxygens (including phenoxy) is 3. The van der Waals surface area contributed by atoms with Crippen LogP contribution in [0.25, 0.3) is 0 Å². The zero-order valence-corrected chi connectivity index (χ0v) is 12.3. The Balaban J connectivity index is 1.63. The van der Waals surface area contributed by atoms with Crippen LogP contribution in [0.5, 0.6) is 11.5 Å². The molecule has 1 N–H and O–H groups in total. The van der Waals surface area contributed by atoms with Crippen LogP contribution in [0.3, 0.4) is 0 Å². The number of methoxy groups -OCH3 is 1. The lowest BCUT2D eigenvalue weighted by Gasteiger charge is -2.25. The summed E-state index contributed by atoms with van der Waals surface area (Å²) in [5.74, 6) is 1.39. The van der Waals surface area contributed by atoms with E-state index in [0.29, 0.717) is 44.4 Å². The summed E-state index contributed by atoms with van der Waals surface area (Å²) < 4.78 is 16.0. The fourth-order valence-electron chi connectivity index (χ4n) is 2.11. The van der Waals surface area contributed by atoms with E-state index >= 15 is 0 Å². The van der Waals surface area contributed by atoms with Gasteiger partial charge in [-0.1, -0.05) is 12.1 Å². The van der Waals surface area contributed by atoms with Gasteiger partial charge in [0.25, 0.3) is 0 Å². The Morgan fingerprint density at radius 3 is 2.71 bits per heavy atom. The quantitative estimate of drug-likeness (QED) is 0.743. The van der Waals surface area contributed by atoms with Gasteiger partial charge in [-0.25, -0.2) is 0 Å². The molecule has 1 heterocycles. The lowest BCUT2D eigenvalue weighted by molar-refractivity contribution is -0.123. The summed E-state index contributed by atoms with van der Waals surface area (Å²) in [6.45, 7) is 4.32. The molecule has 0 saturated carbocycles. The van der Waals surface area contributed by atoms with Gasteiger partial charge in [0.05, 0.1) is 33.4 Å². The van der Waals surface area contributed by atoms with E-state index in [0.717, 1.165) is 13.1 Å². The lowest BCUT2D eigenvalue weighted by Crippen LogP contribution is -2.43. The summed E-state index contributed by atoms with van der Waals surface area (Å²) in [4.78, 5) is 13.9. The zero-order chi connectivity index (χ0) is 14.9. The number of nitrogens with one attached hydrogen (secondary N) is 1. The first-order valence-electron chi connectivity index (χ1n) is 7.12. The highest BCUT2D eigenvalue weighted by Gasteiger charge is 2.13. The highest BCUT2D eigenvalue weighted by molar-refractivity contribution is 5.78. The normalized spacial score (nSPS) is 15.5. The van der Waals surface area contributed by atoms with Crippen LogP contribution in [0.4, 0.5) is 0 Å². The molecular formula is C15H22N2O4. The first kappa shape index (κ1) is 15.6. The van der Waals surface area contributed by atoms with Crippen molar-refractivity contribution in [3.63, 3.8) is 0 Å². The van der Waals surface area contributed by atoms with Gasteiger partial charge in [0.2, 0.25) is 5.91 Å². The molecule has 0 atom stereocenters. The number of amides is 1. The van der Waals surface area contributed by atoms with E-state index in [-0.39, 0.29) is 5.91 Å². The smallest absolute Gasteiger partial charge is 0.234 e. The molecule has 0 aromatic heterocycles. The molecular weight excluding hydrogens is 272 g/mol. The molecule has 1 saturated heterocycles. The van der Waals surface area contributed by atoms with E-state index < -0.39 is 0 Å². The van der Waals surface area contributed by atoms with E-state index in [1.54, 1.807) is 7.11 Å². The second-order valence-electron chi connectivity index (χ2n) is 4.74. The summed E-state index contributed by atoms with van der Waals surface area (Å²) in [5, 5.41) is 2.85. The monoisotopic (exact) mass is 294 g/mol. The molecule has 116 valence electrons. The Morgan fingerprint density at radius 1 is 1.29 bits per heavy atom. The highest BCUT2D eigenvalue weighted by atomic mass is 16.5. The average molecular weight is 294 g/mol. The van der Waals surface area contributed by atoms with Crippen molar-refractivity contribution in [2.75, 3.05) is 53.1 Å². The number of morpholine rings is 1. The second kappa shape index (κ2) is 8.49. The fourth-order valence-corrected chi connectivity index (χ4v) is 2.11. The minimum absolute atomic E-state index is 0.0144.